The van der Waals surface area contributed by atoms with E-state index in [-0.39, 0.29) is 12.5 Å². The SMILES string of the molecule is NCC#Cc1cccc(NC(=O)Cn2cnnn2)c1. The average molecular weight is 256 g/mol. The molecule has 7 heteroatoms. The molecule has 3 N–H and O–H groups in total. The minimum Gasteiger partial charge on any atom is -0.324 e. The van der Waals surface area contributed by atoms with Crippen LogP contribution in [-0.4, -0.2) is 32.7 Å². The van der Waals surface area contributed by atoms with Crippen LogP contribution in [0.15, 0.2) is 30.6 Å². The Labute approximate surface area is 109 Å². The molecule has 1 amide bonds. The lowest BCUT2D eigenvalue weighted by molar-refractivity contribution is -0.116. The number of nitrogens with one attached hydrogen (secondary N) is 1. The van der Waals surface area contributed by atoms with Crippen molar-refractivity contribution >= 4 is 11.6 Å². The number of amides is 1. The molecule has 0 aliphatic heterocycles. The molecule has 19 heavy (non-hydrogen) atoms. The Kier molecular flexibility index (Phi) is 4.21. The molecule has 0 bridgehead atoms. The minimum atomic E-state index is -0.212. The number of anilines is 1. The third-order valence-electron chi connectivity index (χ3n) is 2.18. The molecule has 2 rings (SSSR count). The molecule has 0 spiro atoms. The van der Waals surface area contributed by atoms with Crippen molar-refractivity contribution in [2.24, 2.45) is 5.73 Å². The summed E-state index contributed by atoms with van der Waals surface area (Å²) in [7, 11) is 0. The highest BCUT2D eigenvalue weighted by molar-refractivity contribution is 5.90. The fourth-order valence-corrected chi connectivity index (χ4v) is 1.43. The van der Waals surface area contributed by atoms with E-state index in [1.165, 1.54) is 11.0 Å². The number of carbonyl (C=O) groups is 1. The van der Waals surface area contributed by atoms with Gasteiger partial charge in [0.2, 0.25) is 5.91 Å². The highest BCUT2D eigenvalue weighted by Crippen LogP contribution is 2.09. The fraction of sp³-hybridized carbons (Fsp3) is 0.167. The van der Waals surface area contributed by atoms with Gasteiger partial charge in [0.25, 0.3) is 0 Å². The first-order valence-corrected chi connectivity index (χ1v) is 5.57. The highest BCUT2D eigenvalue weighted by atomic mass is 16.2. The van der Waals surface area contributed by atoms with Gasteiger partial charge in [-0.1, -0.05) is 17.9 Å². The second kappa shape index (κ2) is 6.28. The molecule has 0 fully saturated rings. The maximum Gasteiger partial charge on any atom is 0.246 e. The second-order valence-electron chi connectivity index (χ2n) is 3.64. The number of carbonyl (C=O) groups excluding carboxylic acids is 1. The van der Waals surface area contributed by atoms with Crippen LogP contribution in [0.25, 0.3) is 0 Å². The maximum absolute atomic E-state index is 11.7. The van der Waals surface area contributed by atoms with Gasteiger partial charge in [-0.3, -0.25) is 4.79 Å². The second-order valence-corrected chi connectivity index (χ2v) is 3.64. The van der Waals surface area contributed by atoms with Crippen molar-refractivity contribution in [2.45, 2.75) is 6.54 Å². The Morgan fingerprint density at radius 3 is 3.11 bits per heavy atom. The van der Waals surface area contributed by atoms with Gasteiger partial charge >= 0.3 is 0 Å². The number of hydrogen-bond donors (Lipinski definition) is 2. The number of nitrogens with zero attached hydrogens (tertiary/aromatic N) is 4. The molecule has 1 aromatic heterocycles. The lowest BCUT2D eigenvalue weighted by atomic mass is 10.2. The van der Waals surface area contributed by atoms with Crippen molar-refractivity contribution in [3.63, 3.8) is 0 Å². The van der Waals surface area contributed by atoms with Crippen LogP contribution in [0.5, 0.6) is 0 Å². The van der Waals surface area contributed by atoms with E-state index >= 15 is 0 Å². The summed E-state index contributed by atoms with van der Waals surface area (Å²) in [4.78, 5) is 11.7. The van der Waals surface area contributed by atoms with Gasteiger partial charge in [0.05, 0.1) is 6.54 Å². The van der Waals surface area contributed by atoms with E-state index in [9.17, 15) is 4.79 Å². The Morgan fingerprint density at radius 2 is 2.37 bits per heavy atom. The van der Waals surface area contributed by atoms with Gasteiger partial charge in [0.1, 0.15) is 12.9 Å². The van der Waals surface area contributed by atoms with Gasteiger partial charge in [0, 0.05) is 11.3 Å². The first kappa shape index (κ1) is 12.7. The van der Waals surface area contributed by atoms with E-state index in [1.54, 1.807) is 12.1 Å². The van der Waals surface area contributed by atoms with E-state index < -0.39 is 0 Å². The molecule has 2 aromatic rings. The molecule has 0 atom stereocenters. The number of benzene rings is 1. The van der Waals surface area contributed by atoms with Gasteiger partial charge in [-0.15, -0.1) is 5.10 Å². The van der Waals surface area contributed by atoms with Crippen LogP contribution in [0.1, 0.15) is 5.56 Å². The Balaban J connectivity index is 2.00. The van der Waals surface area contributed by atoms with Crippen LogP contribution in [0.4, 0.5) is 5.69 Å². The molecule has 0 aliphatic rings. The number of nitrogens with two attached hydrogens (primary N) is 1. The number of hydrogen-bond acceptors (Lipinski definition) is 5. The third-order valence-corrected chi connectivity index (χ3v) is 2.18. The summed E-state index contributed by atoms with van der Waals surface area (Å²) >= 11 is 0. The molecule has 0 saturated heterocycles. The van der Waals surface area contributed by atoms with E-state index in [0.29, 0.717) is 12.2 Å². The van der Waals surface area contributed by atoms with Crippen LogP contribution in [0, 0.1) is 11.8 Å². The molecule has 1 aromatic carbocycles. The third kappa shape index (κ3) is 3.90. The standard InChI is InChI=1S/C12H12N6O/c13-6-2-4-10-3-1-5-11(7-10)15-12(19)8-18-9-14-16-17-18/h1,3,5,7,9H,6,8,13H2,(H,15,19). The molecule has 0 saturated carbocycles. The van der Waals surface area contributed by atoms with Gasteiger partial charge < -0.3 is 11.1 Å². The smallest absolute Gasteiger partial charge is 0.246 e. The normalized spacial score (nSPS) is 9.53. The van der Waals surface area contributed by atoms with Crippen molar-refractivity contribution in [3.8, 4) is 11.8 Å². The topological polar surface area (TPSA) is 98.7 Å². The van der Waals surface area contributed by atoms with E-state index in [1.807, 2.05) is 12.1 Å². The first-order chi connectivity index (χ1) is 9.28. The lowest BCUT2D eigenvalue weighted by Crippen LogP contribution is -2.19. The molecular formula is C12H12N6O. The van der Waals surface area contributed by atoms with Crippen LogP contribution in [0.2, 0.25) is 0 Å². The van der Waals surface area contributed by atoms with Crippen LogP contribution in [-0.2, 0) is 11.3 Å². The van der Waals surface area contributed by atoms with Crippen molar-refractivity contribution < 1.29 is 4.79 Å². The maximum atomic E-state index is 11.7. The van der Waals surface area contributed by atoms with E-state index in [0.717, 1.165) is 5.56 Å². The summed E-state index contributed by atoms with van der Waals surface area (Å²) < 4.78 is 1.34. The number of rotatable bonds is 3. The number of tetrazole rings is 1. The Hall–Kier alpha value is -2.72. The van der Waals surface area contributed by atoms with E-state index in [2.05, 4.69) is 32.7 Å². The van der Waals surface area contributed by atoms with Gasteiger partial charge in [-0.05, 0) is 28.6 Å². The van der Waals surface area contributed by atoms with Crippen LogP contribution >= 0.6 is 0 Å². The summed E-state index contributed by atoms with van der Waals surface area (Å²) in [5, 5.41) is 13.3. The van der Waals surface area contributed by atoms with Gasteiger partial charge in [-0.2, -0.15) is 0 Å². The molecule has 0 radical (unpaired) electrons. The predicted molar refractivity (Wildman–Crippen MR) is 68.8 cm³/mol. The first-order valence-electron chi connectivity index (χ1n) is 5.57. The molecule has 7 nitrogen and oxygen atoms in total. The Morgan fingerprint density at radius 1 is 1.47 bits per heavy atom. The van der Waals surface area contributed by atoms with Gasteiger partial charge in [-0.25, -0.2) is 4.68 Å². The number of aromatic nitrogens is 4. The van der Waals surface area contributed by atoms with Crippen molar-refractivity contribution in [1.29, 1.82) is 0 Å². The summed E-state index contributed by atoms with van der Waals surface area (Å²) in [6, 6.07) is 7.22. The average Bonchev–Trinajstić information content (AvgIpc) is 2.89. The monoisotopic (exact) mass is 256 g/mol. The zero-order chi connectivity index (χ0) is 13.5. The van der Waals surface area contributed by atoms with E-state index in [4.69, 9.17) is 5.73 Å². The highest BCUT2D eigenvalue weighted by Gasteiger charge is 2.04. The molecule has 1 heterocycles. The van der Waals surface area contributed by atoms with Crippen molar-refractivity contribution in [3.05, 3.63) is 36.2 Å². The van der Waals surface area contributed by atoms with Crippen molar-refractivity contribution in [2.75, 3.05) is 11.9 Å². The van der Waals surface area contributed by atoms with Crippen LogP contribution < -0.4 is 11.1 Å². The largest absolute Gasteiger partial charge is 0.324 e. The van der Waals surface area contributed by atoms with Gasteiger partial charge in [0.15, 0.2) is 0 Å². The fourth-order valence-electron chi connectivity index (χ4n) is 1.43. The molecule has 0 unspecified atom stereocenters. The Bertz CT molecular complexity index is 611. The minimum absolute atomic E-state index is 0.0612. The van der Waals surface area contributed by atoms with Crippen molar-refractivity contribution in [1.82, 2.24) is 20.2 Å². The molecule has 96 valence electrons. The quantitative estimate of drug-likeness (QED) is 0.729. The lowest BCUT2D eigenvalue weighted by Gasteiger charge is -2.04. The summed E-state index contributed by atoms with van der Waals surface area (Å²) in [6.45, 7) is 0.363. The molecular weight excluding hydrogens is 244 g/mol. The summed E-state index contributed by atoms with van der Waals surface area (Å²) in [5.41, 5.74) is 6.77. The van der Waals surface area contributed by atoms with Crippen LogP contribution in [0.3, 0.4) is 0 Å². The predicted octanol–water partition coefficient (Wildman–Crippen LogP) is -0.378. The molecule has 0 aliphatic carbocycles. The zero-order valence-electron chi connectivity index (χ0n) is 10.1. The summed E-state index contributed by atoms with van der Waals surface area (Å²) in [6.07, 6.45) is 1.38. The summed E-state index contributed by atoms with van der Waals surface area (Å²) in [5.74, 6) is 5.44. The zero-order valence-corrected chi connectivity index (χ0v) is 10.1.